The molecule has 0 atom stereocenters. The largest absolute Gasteiger partial charge is 0.446 e. The van der Waals surface area contributed by atoms with Gasteiger partial charge in [-0.1, -0.05) is 36.4 Å². The molecule has 3 aromatic carbocycles. The highest BCUT2D eigenvalue weighted by Crippen LogP contribution is 2.45. The summed E-state index contributed by atoms with van der Waals surface area (Å²) in [4.78, 5) is 0. The second-order valence-corrected chi connectivity index (χ2v) is 7.04. The lowest BCUT2D eigenvalue weighted by Crippen LogP contribution is -2.10. The maximum Gasteiger partial charge on any atom is 0.446 e. The van der Waals surface area contributed by atoms with Crippen LogP contribution in [-0.2, 0) is 20.8 Å². The predicted molar refractivity (Wildman–Crippen MR) is 90.2 cm³/mol. The van der Waals surface area contributed by atoms with Gasteiger partial charge in [-0.3, -0.25) is 9.11 Å². The highest BCUT2D eigenvalue weighted by Gasteiger charge is 2.23. The number of anilines is 1. The lowest BCUT2D eigenvalue weighted by molar-refractivity contribution is 0.385. The summed E-state index contributed by atoms with van der Waals surface area (Å²) in [6, 6.07) is 10.2. The molecule has 3 rings (SSSR count). The van der Waals surface area contributed by atoms with Crippen molar-refractivity contribution in [3.63, 3.8) is 0 Å². The smallest absolute Gasteiger partial charge is 0.398 e. The van der Waals surface area contributed by atoms with Gasteiger partial charge >= 0.3 is 20.8 Å². The van der Waals surface area contributed by atoms with Gasteiger partial charge in [-0.2, -0.15) is 16.8 Å². The molecular weight excluding hydrogens is 374 g/mol. The number of benzene rings is 3. The summed E-state index contributed by atoms with van der Waals surface area (Å²) in [6.07, 6.45) is 0. The predicted octanol–water partition coefficient (Wildman–Crippen LogP) is 1.94. The minimum Gasteiger partial charge on any atom is -0.398 e. The highest BCUT2D eigenvalue weighted by molar-refractivity contribution is 7.81. The van der Waals surface area contributed by atoms with Gasteiger partial charge in [0, 0.05) is 21.8 Å². The van der Waals surface area contributed by atoms with Crippen molar-refractivity contribution in [3.05, 3.63) is 42.5 Å². The van der Waals surface area contributed by atoms with Gasteiger partial charge in [0.15, 0.2) is 11.5 Å². The van der Waals surface area contributed by atoms with Gasteiger partial charge < -0.3 is 14.1 Å². The summed E-state index contributed by atoms with van der Waals surface area (Å²) in [6.45, 7) is 0. The summed E-state index contributed by atoms with van der Waals surface area (Å²) >= 11 is 0. The first-order valence-electron chi connectivity index (χ1n) is 6.63. The number of nitrogen functional groups attached to an aromatic ring is 1. The molecule has 25 heavy (non-hydrogen) atoms. The summed E-state index contributed by atoms with van der Waals surface area (Å²) in [5.41, 5.74) is 5.92. The van der Waals surface area contributed by atoms with Crippen molar-refractivity contribution >= 4 is 48.0 Å². The topological polar surface area (TPSA) is 153 Å². The average Bonchev–Trinajstić information content (AvgIpc) is 2.48. The van der Waals surface area contributed by atoms with Crippen LogP contribution in [0.25, 0.3) is 21.5 Å². The zero-order valence-corrected chi connectivity index (χ0v) is 13.9. The molecule has 11 heteroatoms. The summed E-state index contributed by atoms with van der Waals surface area (Å²) in [5.74, 6) is -0.558. The monoisotopic (exact) mass is 385 g/mol. The Hall–Kier alpha value is -2.60. The molecule has 4 N–H and O–H groups in total. The molecule has 0 bridgehead atoms. The van der Waals surface area contributed by atoms with E-state index in [0.717, 1.165) is 0 Å². The summed E-state index contributed by atoms with van der Waals surface area (Å²) < 4.78 is 72.4. The summed E-state index contributed by atoms with van der Waals surface area (Å²) in [7, 11) is -9.76. The zero-order valence-electron chi connectivity index (χ0n) is 12.3. The number of rotatable bonds is 4. The van der Waals surface area contributed by atoms with Crippen LogP contribution >= 0.6 is 0 Å². The Morgan fingerprint density at radius 2 is 1.20 bits per heavy atom. The van der Waals surface area contributed by atoms with Crippen molar-refractivity contribution in [2.24, 2.45) is 0 Å². The highest BCUT2D eigenvalue weighted by atomic mass is 32.3. The first-order chi connectivity index (χ1) is 11.6. The van der Waals surface area contributed by atoms with Gasteiger partial charge in [-0.15, -0.1) is 0 Å². The third-order valence-corrected chi connectivity index (χ3v) is 4.12. The van der Waals surface area contributed by atoms with Gasteiger partial charge in [-0.05, 0) is 6.07 Å². The molecule has 3 aromatic rings. The molecule has 0 spiro atoms. The Kier molecular flexibility index (Phi) is 3.95. The number of hydrogen-bond acceptors (Lipinski definition) is 7. The minimum absolute atomic E-state index is 0.00234. The van der Waals surface area contributed by atoms with E-state index in [4.69, 9.17) is 14.8 Å². The van der Waals surface area contributed by atoms with Crippen LogP contribution in [0, 0.1) is 0 Å². The Labute approximate surface area is 142 Å². The first kappa shape index (κ1) is 17.2. The van der Waals surface area contributed by atoms with Gasteiger partial charge in [-0.25, -0.2) is 0 Å². The van der Waals surface area contributed by atoms with Crippen molar-refractivity contribution in [3.8, 4) is 11.5 Å². The van der Waals surface area contributed by atoms with E-state index in [-0.39, 0.29) is 38.7 Å². The molecule has 0 saturated heterocycles. The van der Waals surface area contributed by atoms with Crippen LogP contribution < -0.4 is 14.1 Å². The molecular formula is C14H11NO8S2. The van der Waals surface area contributed by atoms with Gasteiger partial charge in [0.05, 0.1) is 5.39 Å². The molecule has 9 nitrogen and oxygen atoms in total. The first-order valence-corrected chi connectivity index (χ1v) is 9.36. The van der Waals surface area contributed by atoms with Crippen molar-refractivity contribution < 1.29 is 34.3 Å². The Bertz CT molecular complexity index is 1200. The molecule has 0 fully saturated rings. The van der Waals surface area contributed by atoms with E-state index < -0.39 is 20.8 Å². The molecule has 0 saturated carbocycles. The molecule has 0 aliphatic carbocycles. The standard InChI is InChI=1S/C14H11NO8S2/c15-11-7-3-6-10-12(11)14(23-25(19,20)21)9-5-2-1-4-8(9)13(10)22-24(16,17)18/h1-7H,15H2,(H,16,17,18)(H,19,20,21). The number of fused-ring (bicyclic) bond motifs is 2. The molecule has 0 aliphatic heterocycles. The minimum atomic E-state index is -4.89. The Balaban J connectivity index is 2.56. The van der Waals surface area contributed by atoms with Crippen LogP contribution in [0.2, 0.25) is 0 Å². The Morgan fingerprint density at radius 1 is 0.720 bits per heavy atom. The normalized spacial score (nSPS) is 12.4. The third kappa shape index (κ3) is 3.44. The van der Waals surface area contributed by atoms with Crippen molar-refractivity contribution in [1.29, 1.82) is 0 Å². The van der Waals surface area contributed by atoms with Gasteiger partial charge in [0.25, 0.3) is 0 Å². The molecule has 0 aliphatic rings. The quantitative estimate of drug-likeness (QED) is 0.347. The lowest BCUT2D eigenvalue weighted by atomic mass is 10.00. The van der Waals surface area contributed by atoms with E-state index in [0.29, 0.717) is 0 Å². The van der Waals surface area contributed by atoms with E-state index in [1.807, 2.05) is 0 Å². The molecule has 132 valence electrons. The van der Waals surface area contributed by atoms with Crippen LogP contribution in [-0.4, -0.2) is 25.9 Å². The SMILES string of the molecule is Nc1cccc2c(OS(=O)(=O)O)c3ccccc3c(OS(=O)(=O)O)c12. The maximum atomic E-state index is 11.2. The van der Waals surface area contributed by atoms with Crippen LogP contribution in [0.1, 0.15) is 0 Å². The van der Waals surface area contributed by atoms with Crippen LogP contribution in [0.15, 0.2) is 42.5 Å². The van der Waals surface area contributed by atoms with Crippen molar-refractivity contribution in [2.75, 3.05) is 5.73 Å². The fourth-order valence-electron chi connectivity index (χ4n) is 2.56. The average molecular weight is 385 g/mol. The summed E-state index contributed by atoms with van der Waals surface area (Å²) in [5, 5.41) is 0.286. The number of hydrogen-bond donors (Lipinski definition) is 3. The fraction of sp³-hybridized carbons (Fsp3) is 0. The van der Waals surface area contributed by atoms with E-state index in [1.54, 1.807) is 0 Å². The zero-order chi connectivity index (χ0) is 18.4. The van der Waals surface area contributed by atoms with E-state index in [9.17, 15) is 16.8 Å². The third-order valence-electron chi connectivity index (χ3n) is 3.36. The molecule has 0 radical (unpaired) electrons. The molecule has 0 amide bonds. The second kappa shape index (κ2) is 5.74. The number of nitrogens with two attached hydrogens (primary N) is 1. The van der Waals surface area contributed by atoms with E-state index in [2.05, 4.69) is 8.37 Å². The molecule has 0 heterocycles. The maximum absolute atomic E-state index is 11.2. The lowest BCUT2D eigenvalue weighted by Gasteiger charge is -2.16. The van der Waals surface area contributed by atoms with Crippen LogP contribution in [0.5, 0.6) is 11.5 Å². The fourth-order valence-corrected chi connectivity index (χ4v) is 3.33. The molecule has 0 unspecified atom stereocenters. The van der Waals surface area contributed by atoms with Gasteiger partial charge in [0.1, 0.15) is 0 Å². The van der Waals surface area contributed by atoms with E-state index in [1.165, 1.54) is 42.5 Å². The van der Waals surface area contributed by atoms with Crippen molar-refractivity contribution in [1.82, 2.24) is 0 Å². The van der Waals surface area contributed by atoms with E-state index >= 15 is 0 Å². The second-order valence-electron chi connectivity index (χ2n) is 5.00. The van der Waals surface area contributed by atoms with Crippen LogP contribution in [0.4, 0.5) is 5.69 Å². The van der Waals surface area contributed by atoms with Crippen molar-refractivity contribution in [2.45, 2.75) is 0 Å². The van der Waals surface area contributed by atoms with Crippen LogP contribution in [0.3, 0.4) is 0 Å². The molecule has 0 aromatic heterocycles. The Morgan fingerprint density at radius 3 is 1.76 bits per heavy atom. The van der Waals surface area contributed by atoms with Gasteiger partial charge in [0.2, 0.25) is 0 Å².